The molecule has 15 heavy (non-hydrogen) atoms. The third-order valence-corrected chi connectivity index (χ3v) is 3.52. The molecule has 1 aromatic carbocycles. The Labute approximate surface area is 94.3 Å². The summed E-state index contributed by atoms with van der Waals surface area (Å²) in [5.74, 6) is 0. The SMILES string of the molecule is CN(CCN)Cc1csc2ccccc12. The molecule has 0 saturated heterocycles. The minimum Gasteiger partial charge on any atom is -0.329 e. The van der Waals surface area contributed by atoms with Crippen molar-refractivity contribution in [3.05, 3.63) is 35.2 Å². The van der Waals surface area contributed by atoms with Crippen LogP contribution in [0.1, 0.15) is 5.56 Å². The number of fused-ring (bicyclic) bond motifs is 1. The van der Waals surface area contributed by atoms with Gasteiger partial charge < -0.3 is 10.6 Å². The third-order valence-electron chi connectivity index (χ3n) is 2.51. The van der Waals surface area contributed by atoms with Crippen molar-refractivity contribution in [3.8, 4) is 0 Å². The largest absolute Gasteiger partial charge is 0.329 e. The van der Waals surface area contributed by atoms with Crippen molar-refractivity contribution in [1.29, 1.82) is 0 Å². The zero-order chi connectivity index (χ0) is 10.7. The van der Waals surface area contributed by atoms with Gasteiger partial charge in [0.15, 0.2) is 0 Å². The lowest BCUT2D eigenvalue weighted by atomic mass is 10.2. The van der Waals surface area contributed by atoms with E-state index in [-0.39, 0.29) is 0 Å². The van der Waals surface area contributed by atoms with Crippen LogP contribution in [0.25, 0.3) is 10.1 Å². The van der Waals surface area contributed by atoms with Gasteiger partial charge in [-0.3, -0.25) is 0 Å². The van der Waals surface area contributed by atoms with Gasteiger partial charge in [-0.25, -0.2) is 0 Å². The quantitative estimate of drug-likeness (QED) is 0.856. The summed E-state index contributed by atoms with van der Waals surface area (Å²) in [7, 11) is 2.11. The number of rotatable bonds is 4. The molecule has 1 aromatic heterocycles. The van der Waals surface area contributed by atoms with Crippen molar-refractivity contribution in [2.45, 2.75) is 6.54 Å². The fourth-order valence-corrected chi connectivity index (χ4v) is 2.70. The molecule has 0 aliphatic rings. The van der Waals surface area contributed by atoms with Crippen molar-refractivity contribution in [2.75, 3.05) is 20.1 Å². The predicted molar refractivity (Wildman–Crippen MR) is 67.2 cm³/mol. The fourth-order valence-electron chi connectivity index (χ4n) is 1.75. The normalized spacial score (nSPS) is 11.4. The van der Waals surface area contributed by atoms with Crippen LogP contribution in [0, 0.1) is 0 Å². The van der Waals surface area contributed by atoms with Crippen molar-refractivity contribution in [2.24, 2.45) is 5.73 Å². The molecule has 0 unspecified atom stereocenters. The van der Waals surface area contributed by atoms with Crippen molar-refractivity contribution in [3.63, 3.8) is 0 Å². The summed E-state index contributed by atoms with van der Waals surface area (Å²) in [5, 5.41) is 3.63. The van der Waals surface area contributed by atoms with Crippen LogP contribution >= 0.6 is 11.3 Å². The van der Waals surface area contributed by atoms with Gasteiger partial charge in [0.1, 0.15) is 0 Å². The molecule has 1 heterocycles. The van der Waals surface area contributed by atoms with Crippen molar-refractivity contribution >= 4 is 21.4 Å². The molecule has 2 nitrogen and oxygen atoms in total. The summed E-state index contributed by atoms with van der Waals surface area (Å²) in [6.45, 7) is 2.66. The monoisotopic (exact) mass is 220 g/mol. The number of hydrogen-bond donors (Lipinski definition) is 1. The van der Waals surface area contributed by atoms with Crippen LogP contribution in [0.3, 0.4) is 0 Å². The molecule has 80 valence electrons. The molecule has 0 atom stereocenters. The number of hydrogen-bond acceptors (Lipinski definition) is 3. The summed E-state index contributed by atoms with van der Waals surface area (Å²) in [4.78, 5) is 2.26. The van der Waals surface area contributed by atoms with Gasteiger partial charge in [-0.1, -0.05) is 18.2 Å². The van der Waals surface area contributed by atoms with Crippen LogP contribution in [0.15, 0.2) is 29.6 Å². The lowest BCUT2D eigenvalue weighted by Gasteiger charge is -2.14. The summed E-state index contributed by atoms with van der Waals surface area (Å²) < 4.78 is 1.37. The van der Waals surface area contributed by atoms with Crippen molar-refractivity contribution < 1.29 is 0 Å². The second-order valence-electron chi connectivity index (χ2n) is 3.78. The highest BCUT2D eigenvalue weighted by Gasteiger charge is 2.05. The van der Waals surface area contributed by atoms with Gasteiger partial charge in [0, 0.05) is 24.3 Å². The van der Waals surface area contributed by atoms with Gasteiger partial charge in [-0.05, 0) is 29.4 Å². The van der Waals surface area contributed by atoms with E-state index in [0.717, 1.165) is 19.6 Å². The lowest BCUT2D eigenvalue weighted by Crippen LogP contribution is -2.24. The van der Waals surface area contributed by atoms with Gasteiger partial charge in [0.2, 0.25) is 0 Å². The second kappa shape index (κ2) is 4.75. The Morgan fingerprint density at radius 1 is 1.33 bits per heavy atom. The number of likely N-dealkylation sites (N-methyl/N-ethyl adjacent to an activating group) is 1. The van der Waals surface area contributed by atoms with Gasteiger partial charge in [0.05, 0.1) is 0 Å². The first-order valence-corrected chi connectivity index (χ1v) is 6.03. The second-order valence-corrected chi connectivity index (χ2v) is 4.69. The van der Waals surface area contributed by atoms with Crippen LogP contribution in [0.5, 0.6) is 0 Å². The zero-order valence-corrected chi connectivity index (χ0v) is 9.76. The molecule has 0 saturated carbocycles. The number of benzene rings is 1. The van der Waals surface area contributed by atoms with E-state index < -0.39 is 0 Å². The lowest BCUT2D eigenvalue weighted by molar-refractivity contribution is 0.338. The molecule has 0 bridgehead atoms. The molecular formula is C12H16N2S. The van der Waals surface area contributed by atoms with E-state index >= 15 is 0 Å². The highest BCUT2D eigenvalue weighted by molar-refractivity contribution is 7.17. The Morgan fingerprint density at radius 2 is 2.13 bits per heavy atom. The van der Waals surface area contributed by atoms with Crippen LogP contribution in [-0.4, -0.2) is 25.0 Å². The van der Waals surface area contributed by atoms with E-state index in [0.29, 0.717) is 0 Å². The molecule has 0 spiro atoms. The molecule has 3 heteroatoms. The van der Waals surface area contributed by atoms with E-state index in [1.807, 2.05) is 11.3 Å². The number of nitrogens with two attached hydrogens (primary N) is 1. The Kier molecular flexibility index (Phi) is 3.36. The van der Waals surface area contributed by atoms with Gasteiger partial charge >= 0.3 is 0 Å². The highest BCUT2D eigenvalue weighted by Crippen LogP contribution is 2.26. The minimum absolute atomic E-state index is 0.721. The first-order valence-electron chi connectivity index (χ1n) is 5.15. The molecule has 0 aliphatic heterocycles. The molecule has 2 aromatic rings. The van der Waals surface area contributed by atoms with E-state index in [1.54, 1.807) is 0 Å². The molecule has 0 radical (unpaired) electrons. The maximum atomic E-state index is 5.53. The molecule has 0 amide bonds. The maximum Gasteiger partial charge on any atom is 0.0346 e. The molecule has 2 rings (SSSR count). The van der Waals surface area contributed by atoms with Gasteiger partial charge in [-0.2, -0.15) is 0 Å². The van der Waals surface area contributed by atoms with E-state index in [1.165, 1.54) is 15.6 Å². The Bertz CT molecular complexity index is 436. The van der Waals surface area contributed by atoms with Gasteiger partial charge in [0.25, 0.3) is 0 Å². The summed E-state index contributed by atoms with van der Waals surface area (Å²) in [6, 6.07) is 8.55. The van der Waals surface area contributed by atoms with Crippen LogP contribution in [0.2, 0.25) is 0 Å². The van der Waals surface area contributed by atoms with Crippen LogP contribution < -0.4 is 5.73 Å². The van der Waals surface area contributed by atoms with Crippen molar-refractivity contribution in [1.82, 2.24) is 4.90 Å². The first-order chi connectivity index (χ1) is 7.31. The standard InChI is InChI=1S/C12H16N2S/c1-14(7-6-13)8-10-9-15-12-5-3-2-4-11(10)12/h2-5,9H,6-8,13H2,1H3. The molecular weight excluding hydrogens is 204 g/mol. The first kappa shape index (κ1) is 10.6. The van der Waals surface area contributed by atoms with Crippen LogP contribution in [0.4, 0.5) is 0 Å². The van der Waals surface area contributed by atoms with E-state index in [2.05, 4.69) is 41.6 Å². The Hall–Kier alpha value is -0.900. The summed E-state index contributed by atoms with van der Waals surface area (Å²) in [6.07, 6.45) is 0. The predicted octanol–water partition coefficient (Wildman–Crippen LogP) is 2.29. The van der Waals surface area contributed by atoms with E-state index in [9.17, 15) is 0 Å². The van der Waals surface area contributed by atoms with E-state index in [4.69, 9.17) is 5.73 Å². The molecule has 0 fully saturated rings. The maximum absolute atomic E-state index is 5.53. The molecule has 2 N–H and O–H groups in total. The average molecular weight is 220 g/mol. The number of nitrogens with zero attached hydrogens (tertiary/aromatic N) is 1. The highest BCUT2D eigenvalue weighted by atomic mass is 32.1. The topological polar surface area (TPSA) is 29.3 Å². The average Bonchev–Trinajstić information content (AvgIpc) is 2.62. The Balaban J connectivity index is 2.21. The zero-order valence-electron chi connectivity index (χ0n) is 8.94. The summed E-state index contributed by atoms with van der Waals surface area (Å²) in [5.41, 5.74) is 6.94. The van der Waals surface area contributed by atoms with Crippen LogP contribution in [-0.2, 0) is 6.54 Å². The fraction of sp³-hybridized carbons (Fsp3) is 0.333. The molecule has 0 aliphatic carbocycles. The third kappa shape index (κ3) is 2.37. The van der Waals surface area contributed by atoms with Gasteiger partial charge in [-0.15, -0.1) is 11.3 Å². The summed E-state index contributed by atoms with van der Waals surface area (Å²) >= 11 is 1.82. The minimum atomic E-state index is 0.721. The Morgan fingerprint density at radius 3 is 2.93 bits per heavy atom. The smallest absolute Gasteiger partial charge is 0.0346 e. The number of thiophene rings is 1.